The van der Waals surface area contributed by atoms with Gasteiger partial charge in [-0.15, -0.1) is 0 Å². The Hall–Kier alpha value is -3.66. The number of nitrogens with one attached hydrogen (secondary N) is 1. The zero-order valence-electron chi connectivity index (χ0n) is 16.1. The summed E-state index contributed by atoms with van der Waals surface area (Å²) in [5.41, 5.74) is 3.79. The minimum absolute atomic E-state index is 0.159. The molecule has 0 saturated carbocycles. The Kier molecular flexibility index (Phi) is 4.91. The zero-order chi connectivity index (χ0) is 21.4. The van der Waals surface area contributed by atoms with Crippen LogP contribution in [0, 0.1) is 11.3 Å². The third kappa shape index (κ3) is 3.66. The molecule has 0 amide bonds. The fourth-order valence-corrected chi connectivity index (χ4v) is 4.79. The first-order chi connectivity index (χ1) is 15.1. The summed E-state index contributed by atoms with van der Waals surface area (Å²) in [5.74, 6) is 0.159. The first-order valence-corrected chi connectivity index (χ1v) is 10.7. The number of aromatic nitrogens is 2. The smallest absolute Gasteiger partial charge is 0.184 e. The second-order valence-electron chi connectivity index (χ2n) is 7.01. The molecule has 31 heavy (non-hydrogen) atoms. The Labute approximate surface area is 187 Å². The summed E-state index contributed by atoms with van der Waals surface area (Å²) < 4.78 is 0.970. The van der Waals surface area contributed by atoms with Gasteiger partial charge in [-0.2, -0.15) is 5.26 Å². The molecule has 7 heteroatoms. The molecule has 1 atom stereocenters. The van der Waals surface area contributed by atoms with Crippen molar-refractivity contribution in [2.75, 3.05) is 5.32 Å². The van der Waals surface area contributed by atoms with E-state index in [1.807, 2.05) is 42.5 Å². The lowest BCUT2D eigenvalue weighted by atomic mass is 9.93. The molecule has 0 spiro atoms. The van der Waals surface area contributed by atoms with Crippen LogP contribution in [0.15, 0.2) is 72.9 Å². The number of hydrogen-bond acceptors (Lipinski definition) is 6. The Morgan fingerprint density at radius 3 is 2.65 bits per heavy atom. The van der Waals surface area contributed by atoms with E-state index in [1.165, 1.54) is 11.3 Å². The van der Waals surface area contributed by atoms with Gasteiger partial charge in [0, 0.05) is 22.2 Å². The molecular formula is C24H15ClN4OS. The van der Waals surface area contributed by atoms with Gasteiger partial charge in [0.1, 0.15) is 5.75 Å². The highest BCUT2D eigenvalue weighted by atomic mass is 35.5. The van der Waals surface area contributed by atoms with Gasteiger partial charge in [-0.3, -0.25) is 4.98 Å². The molecule has 150 valence electrons. The largest absolute Gasteiger partial charge is 0.508 e. The topological polar surface area (TPSA) is 81.8 Å². The van der Waals surface area contributed by atoms with Crippen LogP contribution in [0.25, 0.3) is 21.1 Å². The van der Waals surface area contributed by atoms with Gasteiger partial charge in [0.2, 0.25) is 0 Å². The van der Waals surface area contributed by atoms with Gasteiger partial charge in [-0.25, -0.2) is 4.98 Å². The van der Waals surface area contributed by atoms with Crippen LogP contribution in [0.2, 0.25) is 5.02 Å². The highest BCUT2D eigenvalue weighted by Crippen LogP contribution is 2.39. The molecule has 2 heterocycles. The van der Waals surface area contributed by atoms with Crippen LogP contribution in [0.5, 0.6) is 5.75 Å². The number of aromatic hydroxyl groups is 1. The standard InChI is InChI=1S/C24H15ClN4OS/c25-16-7-8-19-21(12-16)31-24(28-19)29-23(15-5-3-14(13-26)4-6-15)22-17-2-1-11-27-18(17)9-10-20(22)30/h1-12,23,30H,(H,28,29). The van der Waals surface area contributed by atoms with Crippen LogP contribution in [0.3, 0.4) is 0 Å². The van der Waals surface area contributed by atoms with E-state index < -0.39 is 6.04 Å². The second-order valence-corrected chi connectivity index (χ2v) is 8.48. The zero-order valence-corrected chi connectivity index (χ0v) is 17.7. The maximum absolute atomic E-state index is 10.8. The van der Waals surface area contributed by atoms with E-state index in [9.17, 15) is 10.4 Å². The Bertz CT molecular complexity index is 1460. The number of nitrogens with zero attached hydrogens (tertiary/aromatic N) is 3. The lowest BCUT2D eigenvalue weighted by Crippen LogP contribution is -2.13. The molecule has 0 saturated heterocycles. The maximum atomic E-state index is 10.8. The Balaban J connectivity index is 1.68. The van der Waals surface area contributed by atoms with Crippen LogP contribution >= 0.6 is 22.9 Å². The Morgan fingerprint density at radius 2 is 1.84 bits per heavy atom. The van der Waals surface area contributed by atoms with Crippen molar-refractivity contribution in [2.45, 2.75) is 6.04 Å². The van der Waals surface area contributed by atoms with Crippen molar-refractivity contribution in [1.82, 2.24) is 9.97 Å². The summed E-state index contributed by atoms with van der Waals surface area (Å²) in [6, 6.07) is 21.9. The average Bonchev–Trinajstić information content (AvgIpc) is 3.19. The van der Waals surface area contributed by atoms with Crippen LogP contribution < -0.4 is 5.32 Å². The summed E-state index contributed by atoms with van der Waals surface area (Å²) >= 11 is 7.62. The van der Waals surface area contributed by atoms with E-state index in [1.54, 1.807) is 30.5 Å². The minimum Gasteiger partial charge on any atom is -0.508 e. The molecule has 0 aliphatic heterocycles. The molecule has 5 aromatic rings. The summed E-state index contributed by atoms with van der Waals surface area (Å²) in [5, 5.41) is 25.7. The third-order valence-electron chi connectivity index (χ3n) is 5.08. The first-order valence-electron chi connectivity index (χ1n) is 9.51. The maximum Gasteiger partial charge on any atom is 0.184 e. The number of thiazole rings is 1. The second kappa shape index (κ2) is 7.88. The number of nitriles is 1. The number of fused-ring (bicyclic) bond motifs is 2. The van der Waals surface area contributed by atoms with Crippen LogP contribution in [-0.2, 0) is 0 Å². The lowest BCUT2D eigenvalue weighted by Gasteiger charge is -2.22. The number of anilines is 1. The molecule has 2 N–H and O–H groups in total. The van der Waals surface area contributed by atoms with Crippen LogP contribution in [0.1, 0.15) is 22.7 Å². The van der Waals surface area contributed by atoms with Gasteiger partial charge in [-0.1, -0.05) is 41.1 Å². The third-order valence-corrected chi connectivity index (χ3v) is 6.27. The van der Waals surface area contributed by atoms with Gasteiger partial charge in [0.15, 0.2) is 5.13 Å². The van der Waals surface area contributed by atoms with E-state index in [2.05, 4.69) is 21.4 Å². The van der Waals surface area contributed by atoms with Crippen molar-refractivity contribution in [3.8, 4) is 11.8 Å². The average molecular weight is 443 g/mol. The van der Waals surface area contributed by atoms with Crippen molar-refractivity contribution in [3.05, 3.63) is 94.6 Å². The molecule has 5 rings (SSSR count). The number of pyridine rings is 1. The number of phenols is 1. The monoisotopic (exact) mass is 442 g/mol. The van der Waals surface area contributed by atoms with E-state index in [0.29, 0.717) is 21.3 Å². The number of phenolic OH excluding ortho intramolecular Hbond substituents is 1. The summed E-state index contributed by atoms with van der Waals surface area (Å²) in [6.45, 7) is 0. The molecule has 1 unspecified atom stereocenters. The van der Waals surface area contributed by atoms with E-state index in [4.69, 9.17) is 11.6 Å². The summed E-state index contributed by atoms with van der Waals surface area (Å²) in [4.78, 5) is 9.12. The normalized spacial score (nSPS) is 12.0. The van der Waals surface area contributed by atoms with Gasteiger partial charge >= 0.3 is 0 Å². The molecular weight excluding hydrogens is 428 g/mol. The quantitative estimate of drug-likeness (QED) is 0.342. The van der Waals surface area contributed by atoms with Crippen molar-refractivity contribution in [3.63, 3.8) is 0 Å². The highest BCUT2D eigenvalue weighted by Gasteiger charge is 2.22. The SMILES string of the molecule is N#Cc1ccc(C(Nc2nc3ccc(Cl)cc3s2)c2c(O)ccc3ncccc23)cc1. The fraction of sp³-hybridized carbons (Fsp3) is 0.0417. The molecule has 0 fully saturated rings. The molecule has 0 aliphatic rings. The van der Waals surface area contributed by atoms with Crippen LogP contribution in [-0.4, -0.2) is 15.1 Å². The number of rotatable bonds is 4. The number of benzene rings is 3. The lowest BCUT2D eigenvalue weighted by molar-refractivity contribution is 0.468. The Morgan fingerprint density at radius 1 is 1.03 bits per heavy atom. The van der Waals surface area contributed by atoms with Gasteiger partial charge in [0.25, 0.3) is 0 Å². The summed E-state index contributed by atoms with van der Waals surface area (Å²) in [6.07, 6.45) is 1.73. The number of hydrogen-bond donors (Lipinski definition) is 2. The van der Waals surface area contributed by atoms with E-state index >= 15 is 0 Å². The van der Waals surface area contributed by atoms with Crippen molar-refractivity contribution >= 4 is 49.2 Å². The van der Waals surface area contributed by atoms with Crippen molar-refractivity contribution in [1.29, 1.82) is 5.26 Å². The van der Waals surface area contributed by atoms with Crippen molar-refractivity contribution < 1.29 is 5.11 Å². The molecule has 0 bridgehead atoms. The van der Waals surface area contributed by atoms with Gasteiger partial charge in [-0.05, 0) is 54.1 Å². The first kappa shape index (κ1) is 19.3. The fourth-order valence-electron chi connectivity index (χ4n) is 3.62. The molecule has 0 aliphatic carbocycles. The van der Waals surface area contributed by atoms with E-state index in [0.717, 1.165) is 26.7 Å². The predicted octanol–water partition coefficient (Wildman–Crippen LogP) is 6.28. The summed E-state index contributed by atoms with van der Waals surface area (Å²) in [7, 11) is 0. The predicted molar refractivity (Wildman–Crippen MR) is 125 cm³/mol. The van der Waals surface area contributed by atoms with E-state index in [-0.39, 0.29) is 5.75 Å². The number of halogens is 1. The van der Waals surface area contributed by atoms with Crippen LogP contribution in [0.4, 0.5) is 5.13 Å². The molecule has 5 nitrogen and oxygen atoms in total. The highest BCUT2D eigenvalue weighted by molar-refractivity contribution is 7.22. The van der Waals surface area contributed by atoms with Crippen molar-refractivity contribution in [2.24, 2.45) is 0 Å². The van der Waals surface area contributed by atoms with Gasteiger partial charge < -0.3 is 10.4 Å². The molecule has 3 aromatic carbocycles. The van der Waals surface area contributed by atoms with Gasteiger partial charge in [0.05, 0.1) is 33.4 Å². The molecule has 0 radical (unpaired) electrons. The minimum atomic E-state index is -0.406. The molecule has 2 aromatic heterocycles.